The van der Waals surface area contributed by atoms with E-state index in [0.29, 0.717) is 12.8 Å². The molecule has 0 aliphatic heterocycles. The molecule has 0 bridgehead atoms. The van der Waals surface area contributed by atoms with Crippen LogP contribution in [-0.4, -0.2) is 24.5 Å². The Kier molecular flexibility index (Phi) is 7.01. The fraction of sp³-hybridized carbons (Fsp3) is 0.571. The number of esters is 1. The van der Waals surface area contributed by atoms with Gasteiger partial charge < -0.3 is 10.1 Å². The van der Waals surface area contributed by atoms with Gasteiger partial charge in [-0.05, 0) is 34.1 Å². The van der Waals surface area contributed by atoms with Crippen molar-refractivity contribution in [3.63, 3.8) is 0 Å². The van der Waals surface area contributed by atoms with E-state index in [9.17, 15) is 9.59 Å². The summed E-state index contributed by atoms with van der Waals surface area (Å²) in [6, 6.07) is 0. The summed E-state index contributed by atoms with van der Waals surface area (Å²) >= 11 is 0. The summed E-state index contributed by atoms with van der Waals surface area (Å²) in [5.41, 5.74) is 0.448. The lowest BCUT2D eigenvalue weighted by Crippen LogP contribution is -2.22. The molecular formula is C14H23NO3. The van der Waals surface area contributed by atoms with Crippen molar-refractivity contribution in [3.8, 4) is 0 Å². The molecule has 0 radical (unpaired) electrons. The molecule has 0 rings (SSSR count). The van der Waals surface area contributed by atoms with Crippen LogP contribution in [0.5, 0.6) is 0 Å². The topological polar surface area (TPSA) is 55.4 Å². The Morgan fingerprint density at radius 3 is 2.22 bits per heavy atom. The first-order chi connectivity index (χ1) is 8.28. The molecule has 102 valence electrons. The van der Waals surface area contributed by atoms with Crippen LogP contribution in [0.1, 0.15) is 40.5 Å². The van der Waals surface area contributed by atoms with Gasteiger partial charge in [0, 0.05) is 19.5 Å². The molecule has 1 amide bonds. The normalized spacial score (nSPS) is 12.6. The monoisotopic (exact) mass is 253 g/mol. The first kappa shape index (κ1) is 16.4. The van der Waals surface area contributed by atoms with Crippen LogP contribution >= 0.6 is 0 Å². The average molecular weight is 253 g/mol. The van der Waals surface area contributed by atoms with Gasteiger partial charge >= 0.3 is 5.97 Å². The van der Waals surface area contributed by atoms with Gasteiger partial charge in [0.15, 0.2) is 0 Å². The van der Waals surface area contributed by atoms with Crippen molar-refractivity contribution in [1.82, 2.24) is 5.32 Å². The van der Waals surface area contributed by atoms with Crippen molar-refractivity contribution in [2.45, 2.75) is 46.1 Å². The number of carbonyl (C=O) groups is 2. The smallest absolute Gasteiger partial charge is 0.331 e. The van der Waals surface area contributed by atoms with Crippen LogP contribution in [0.2, 0.25) is 0 Å². The van der Waals surface area contributed by atoms with E-state index in [0.717, 1.165) is 5.57 Å². The van der Waals surface area contributed by atoms with Crippen LogP contribution in [0.4, 0.5) is 0 Å². The minimum atomic E-state index is -0.486. The van der Waals surface area contributed by atoms with Crippen molar-refractivity contribution in [2.75, 3.05) is 7.05 Å². The van der Waals surface area contributed by atoms with Gasteiger partial charge in [0.05, 0.1) is 0 Å². The lowest BCUT2D eigenvalue weighted by atomic mass is 10.1. The third-order valence-electron chi connectivity index (χ3n) is 2.13. The standard InChI is InChI=1S/C14H23NO3/c1-6-11(7-9-12(16)15-5)8-10-13(17)18-14(2,3)4/h6,8,10H,7,9H2,1-5H3,(H,15,16)/b10-8+,11-6+. The number of allylic oxidation sites excluding steroid dienone is 3. The molecule has 0 saturated carbocycles. The lowest BCUT2D eigenvalue weighted by Gasteiger charge is -2.17. The fourth-order valence-electron chi connectivity index (χ4n) is 1.22. The molecule has 4 nitrogen and oxygen atoms in total. The third kappa shape index (κ3) is 8.56. The Labute approximate surface area is 109 Å². The number of nitrogens with one attached hydrogen (secondary N) is 1. The third-order valence-corrected chi connectivity index (χ3v) is 2.13. The Morgan fingerprint density at radius 2 is 1.78 bits per heavy atom. The number of rotatable bonds is 5. The summed E-state index contributed by atoms with van der Waals surface area (Å²) in [7, 11) is 1.61. The summed E-state index contributed by atoms with van der Waals surface area (Å²) in [5, 5.41) is 2.56. The highest BCUT2D eigenvalue weighted by atomic mass is 16.6. The molecule has 0 unspecified atom stereocenters. The molecule has 0 atom stereocenters. The maximum Gasteiger partial charge on any atom is 0.331 e. The largest absolute Gasteiger partial charge is 0.457 e. The van der Waals surface area contributed by atoms with E-state index in [2.05, 4.69) is 5.32 Å². The molecule has 0 saturated heterocycles. The van der Waals surface area contributed by atoms with Crippen molar-refractivity contribution in [3.05, 3.63) is 23.8 Å². The van der Waals surface area contributed by atoms with Crippen molar-refractivity contribution >= 4 is 11.9 Å². The minimum Gasteiger partial charge on any atom is -0.457 e. The summed E-state index contributed by atoms with van der Waals surface area (Å²) in [6.07, 6.45) is 5.98. The molecule has 0 aromatic heterocycles. The molecule has 0 aliphatic carbocycles. The molecule has 0 aromatic rings. The molecule has 0 spiro atoms. The van der Waals surface area contributed by atoms with Crippen LogP contribution in [0.25, 0.3) is 0 Å². The summed E-state index contributed by atoms with van der Waals surface area (Å²) in [6.45, 7) is 7.33. The van der Waals surface area contributed by atoms with Gasteiger partial charge in [0.2, 0.25) is 5.91 Å². The Morgan fingerprint density at radius 1 is 1.17 bits per heavy atom. The van der Waals surface area contributed by atoms with Crippen LogP contribution < -0.4 is 5.32 Å². The van der Waals surface area contributed by atoms with Gasteiger partial charge in [0.1, 0.15) is 5.60 Å². The van der Waals surface area contributed by atoms with Crippen molar-refractivity contribution < 1.29 is 14.3 Å². The second kappa shape index (κ2) is 7.69. The number of amides is 1. The maximum absolute atomic E-state index is 11.5. The highest BCUT2D eigenvalue weighted by molar-refractivity contribution is 5.83. The van der Waals surface area contributed by atoms with Gasteiger partial charge in [-0.1, -0.05) is 17.7 Å². The highest BCUT2D eigenvalue weighted by Gasteiger charge is 2.13. The molecular weight excluding hydrogens is 230 g/mol. The van der Waals surface area contributed by atoms with Gasteiger partial charge in [0.25, 0.3) is 0 Å². The highest BCUT2D eigenvalue weighted by Crippen LogP contribution is 2.10. The first-order valence-corrected chi connectivity index (χ1v) is 6.05. The van der Waals surface area contributed by atoms with Gasteiger partial charge in [-0.25, -0.2) is 4.79 Å². The van der Waals surface area contributed by atoms with Crippen molar-refractivity contribution in [2.24, 2.45) is 0 Å². The summed E-state index contributed by atoms with van der Waals surface area (Å²) in [5.74, 6) is -0.387. The zero-order valence-electron chi connectivity index (χ0n) is 11.9. The van der Waals surface area contributed by atoms with Gasteiger partial charge in [-0.15, -0.1) is 0 Å². The number of carbonyl (C=O) groups excluding carboxylic acids is 2. The molecule has 0 heterocycles. The van der Waals surface area contributed by atoms with E-state index < -0.39 is 5.60 Å². The molecule has 0 fully saturated rings. The van der Waals surface area contributed by atoms with Crippen LogP contribution in [0, 0.1) is 0 Å². The quantitative estimate of drug-likeness (QED) is 0.465. The molecule has 4 heteroatoms. The number of hydrogen-bond donors (Lipinski definition) is 1. The predicted octanol–water partition coefficient (Wildman–Crippen LogP) is 2.36. The average Bonchev–Trinajstić information content (AvgIpc) is 2.26. The maximum atomic E-state index is 11.5. The predicted molar refractivity (Wildman–Crippen MR) is 72.0 cm³/mol. The van der Waals surface area contributed by atoms with Crippen LogP contribution in [-0.2, 0) is 14.3 Å². The SMILES string of the molecule is C/C=C(/C=C/C(=O)OC(C)(C)C)CCC(=O)NC. The second-order valence-corrected chi connectivity index (χ2v) is 4.90. The van der Waals surface area contributed by atoms with E-state index >= 15 is 0 Å². The van der Waals surface area contributed by atoms with Gasteiger partial charge in [-0.2, -0.15) is 0 Å². The first-order valence-electron chi connectivity index (χ1n) is 6.05. The van der Waals surface area contributed by atoms with E-state index in [1.807, 2.05) is 33.8 Å². The number of hydrogen-bond acceptors (Lipinski definition) is 3. The zero-order chi connectivity index (χ0) is 14.2. The van der Waals surface area contributed by atoms with E-state index in [-0.39, 0.29) is 11.9 Å². The molecule has 1 N–H and O–H groups in total. The Bertz CT molecular complexity index is 349. The van der Waals surface area contributed by atoms with Crippen LogP contribution in [0.15, 0.2) is 23.8 Å². The van der Waals surface area contributed by atoms with E-state index in [4.69, 9.17) is 4.74 Å². The number of ether oxygens (including phenoxy) is 1. The summed E-state index contributed by atoms with van der Waals surface area (Å²) in [4.78, 5) is 22.6. The second-order valence-electron chi connectivity index (χ2n) is 4.90. The fourth-order valence-corrected chi connectivity index (χ4v) is 1.22. The summed E-state index contributed by atoms with van der Waals surface area (Å²) < 4.78 is 5.15. The zero-order valence-corrected chi connectivity index (χ0v) is 11.9. The minimum absolute atomic E-state index is 0.0139. The molecule has 18 heavy (non-hydrogen) atoms. The van der Waals surface area contributed by atoms with Crippen molar-refractivity contribution in [1.29, 1.82) is 0 Å². The Balaban J connectivity index is 4.29. The lowest BCUT2D eigenvalue weighted by molar-refractivity contribution is -0.148. The molecule has 0 aromatic carbocycles. The van der Waals surface area contributed by atoms with E-state index in [1.54, 1.807) is 13.1 Å². The Hall–Kier alpha value is -1.58. The van der Waals surface area contributed by atoms with Gasteiger partial charge in [-0.3, -0.25) is 4.79 Å². The van der Waals surface area contributed by atoms with Crippen LogP contribution in [0.3, 0.4) is 0 Å². The molecule has 0 aliphatic rings. The van der Waals surface area contributed by atoms with E-state index in [1.165, 1.54) is 6.08 Å².